The quantitative estimate of drug-likeness (QED) is 0.574. The first kappa shape index (κ1) is 13.8. The van der Waals surface area contributed by atoms with Crippen molar-refractivity contribution >= 4 is 6.16 Å². The molecule has 98 valence electrons. The summed E-state index contributed by atoms with van der Waals surface area (Å²) in [5.41, 5.74) is 0. The lowest BCUT2D eigenvalue weighted by atomic mass is 10.2. The Labute approximate surface area is 94.1 Å². The minimum atomic E-state index is -5.04. The highest BCUT2D eigenvalue weighted by atomic mass is 19.4. The Kier molecular flexibility index (Phi) is 3.97. The van der Waals surface area contributed by atoms with Crippen LogP contribution < -0.4 is 0 Å². The van der Waals surface area contributed by atoms with Gasteiger partial charge >= 0.3 is 12.3 Å². The molecule has 1 rings (SSSR count). The lowest BCUT2D eigenvalue weighted by Gasteiger charge is -2.22. The van der Waals surface area contributed by atoms with Gasteiger partial charge in [-0.2, -0.15) is 13.2 Å². The van der Waals surface area contributed by atoms with E-state index in [1.165, 1.54) is 0 Å². The Morgan fingerprint density at radius 1 is 1.59 bits per heavy atom. The first-order valence-corrected chi connectivity index (χ1v) is 4.72. The predicted molar refractivity (Wildman–Crippen MR) is 46.7 cm³/mol. The third kappa shape index (κ3) is 3.58. The second-order valence-corrected chi connectivity index (χ2v) is 3.27. The van der Waals surface area contributed by atoms with E-state index in [0.29, 0.717) is 0 Å². The molecule has 17 heavy (non-hydrogen) atoms. The molecule has 0 amide bonds. The van der Waals surface area contributed by atoms with Crippen molar-refractivity contribution in [2.75, 3.05) is 13.2 Å². The molecule has 1 aliphatic heterocycles. The highest BCUT2D eigenvalue weighted by Crippen LogP contribution is 2.28. The van der Waals surface area contributed by atoms with Gasteiger partial charge in [0.2, 0.25) is 5.83 Å². The molecule has 0 radical (unpaired) electrons. The summed E-state index contributed by atoms with van der Waals surface area (Å²) in [7, 11) is 0. The van der Waals surface area contributed by atoms with Crippen LogP contribution >= 0.6 is 0 Å². The summed E-state index contributed by atoms with van der Waals surface area (Å²) in [5.74, 6) is -3.69. The molecule has 0 aromatic rings. The van der Waals surface area contributed by atoms with Crippen LogP contribution in [0.2, 0.25) is 0 Å². The molecule has 4 nitrogen and oxygen atoms in total. The van der Waals surface area contributed by atoms with Crippen LogP contribution in [0.5, 0.6) is 0 Å². The third-order valence-electron chi connectivity index (χ3n) is 2.10. The summed E-state index contributed by atoms with van der Waals surface area (Å²) in [4.78, 5) is 10.7. The van der Waals surface area contributed by atoms with E-state index in [4.69, 9.17) is 4.74 Å². The van der Waals surface area contributed by atoms with Gasteiger partial charge in [0.25, 0.3) is 5.79 Å². The van der Waals surface area contributed by atoms with E-state index in [1.807, 2.05) is 0 Å². The average Bonchev–Trinajstić information content (AvgIpc) is 2.59. The number of alkyl halides is 3. The summed E-state index contributed by atoms with van der Waals surface area (Å²) in [6.07, 6.45) is -5.60. The van der Waals surface area contributed by atoms with Gasteiger partial charge in [-0.05, 0) is 6.08 Å². The van der Waals surface area contributed by atoms with E-state index in [2.05, 4.69) is 9.47 Å². The second-order valence-electron chi connectivity index (χ2n) is 3.27. The maximum absolute atomic E-state index is 12.4. The third-order valence-corrected chi connectivity index (χ3v) is 2.10. The Morgan fingerprint density at radius 2 is 2.24 bits per heavy atom. The fourth-order valence-corrected chi connectivity index (χ4v) is 1.11. The lowest BCUT2D eigenvalue weighted by molar-refractivity contribution is -0.174. The van der Waals surface area contributed by atoms with Crippen LogP contribution in [-0.4, -0.2) is 31.3 Å². The van der Waals surface area contributed by atoms with Gasteiger partial charge in [-0.25, -0.2) is 9.18 Å². The molecule has 0 bridgehead atoms. The molecule has 8 heteroatoms. The number of hydrogen-bond acceptors (Lipinski definition) is 4. The van der Waals surface area contributed by atoms with Gasteiger partial charge in [-0.15, -0.1) is 0 Å². The van der Waals surface area contributed by atoms with E-state index in [-0.39, 0.29) is 19.1 Å². The molecule has 1 fully saturated rings. The van der Waals surface area contributed by atoms with E-state index < -0.39 is 30.6 Å². The van der Waals surface area contributed by atoms with Crippen LogP contribution in [0.4, 0.5) is 22.4 Å². The zero-order valence-electron chi connectivity index (χ0n) is 8.84. The molecule has 1 unspecified atom stereocenters. The van der Waals surface area contributed by atoms with Crippen molar-refractivity contribution < 1.29 is 36.6 Å². The largest absolute Gasteiger partial charge is 0.511 e. The van der Waals surface area contributed by atoms with Crippen molar-refractivity contribution in [3.05, 3.63) is 11.9 Å². The molecule has 1 saturated heterocycles. The molecule has 1 aliphatic rings. The molecule has 0 aliphatic carbocycles. The minimum absolute atomic E-state index is 0.181. The fraction of sp³-hybridized carbons (Fsp3) is 0.667. The monoisotopic (exact) mass is 258 g/mol. The number of carbonyl (C=O) groups is 1. The summed E-state index contributed by atoms with van der Waals surface area (Å²) in [5, 5.41) is 0. The lowest BCUT2D eigenvalue weighted by Crippen LogP contribution is -2.34. The maximum Gasteiger partial charge on any atom is 0.511 e. The number of halogens is 4. The smallest absolute Gasteiger partial charge is 0.427 e. The molecule has 0 saturated carbocycles. The number of allylic oxidation sites excluding steroid dienone is 1. The first-order chi connectivity index (χ1) is 7.79. The number of ether oxygens (including phenoxy) is 3. The highest BCUT2D eigenvalue weighted by Gasteiger charge is 2.42. The normalized spacial score (nSPS) is 25.7. The van der Waals surface area contributed by atoms with Crippen LogP contribution in [0.3, 0.4) is 0 Å². The summed E-state index contributed by atoms with van der Waals surface area (Å²) in [6.45, 7) is 0.686. The molecular formula is C9H10F4O4. The molecule has 0 N–H and O–H groups in total. The van der Waals surface area contributed by atoms with Crippen LogP contribution in [0.25, 0.3) is 0 Å². The first-order valence-electron chi connectivity index (χ1n) is 4.72. The fourth-order valence-electron chi connectivity index (χ4n) is 1.11. The second kappa shape index (κ2) is 4.91. The average molecular weight is 258 g/mol. The van der Waals surface area contributed by atoms with Gasteiger partial charge in [0.1, 0.15) is 0 Å². The van der Waals surface area contributed by atoms with Crippen molar-refractivity contribution in [2.45, 2.75) is 25.3 Å². The Hall–Kier alpha value is -1.31. The van der Waals surface area contributed by atoms with Crippen molar-refractivity contribution in [3.63, 3.8) is 0 Å². The standard InChI is InChI=1S/C9H10F4O4/c1-2-8(5-15-7(14)17-8)16-4-3-6(10)9(11,12)13/h3H,2,4-5H2,1H3. The molecular weight excluding hydrogens is 248 g/mol. The number of cyclic esters (lactones) is 2. The van der Waals surface area contributed by atoms with Gasteiger partial charge in [-0.3, -0.25) is 0 Å². The number of hydrogen-bond donors (Lipinski definition) is 0. The van der Waals surface area contributed by atoms with E-state index in [9.17, 15) is 22.4 Å². The summed E-state index contributed by atoms with van der Waals surface area (Å²) in [6, 6.07) is 0. The molecule has 0 aromatic heterocycles. The molecule has 1 heterocycles. The van der Waals surface area contributed by atoms with Gasteiger partial charge in [0.05, 0.1) is 6.61 Å². The van der Waals surface area contributed by atoms with Crippen LogP contribution in [0.15, 0.2) is 11.9 Å². The van der Waals surface area contributed by atoms with Crippen LogP contribution in [-0.2, 0) is 14.2 Å². The van der Waals surface area contributed by atoms with Crippen molar-refractivity contribution in [1.29, 1.82) is 0 Å². The number of rotatable bonds is 4. The van der Waals surface area contributed by atoms with E-state index in [1.54, 1.807) is 6.92 Å². The predicted octanol–water partition coefficient (Wildman–Crippen LogP) is 2.69. The van der Waals surface area contributed by atoms with E-state index >= 15 is 0 Å². The molecule has 1 atom stereocenters. The van der Waals surface area contributed by atoms with Crippen molar-refractivity contribution in [3.8, 4) is 0 Å². The Bertz CT molecular complexity index is 325. The van der Waals surface area contributed by atoms with Crippen molar-refractivity contribution in [2.24, 2.45) is 0 Å². The summed E-state index contributed by atoms with van der Waals surface area (Å²) < 4.78 is 61.7. The molecule has 0 aromatic carbocycles. The minimum Gasteiger partial charge on any atom is -0.427 e. The highest BCUT2D eigenvalue weighted by molar-refractivity contribution is 5.62. The SMILES string of the molecule is CCC1(OCC=C(F)C(F)(F)F)COC(=O)O1. The van der Waals surface area contributed by atoms with Gasteiger partial charge < -0.3 is 14.2 Å². The van der Waals surface area contributed by atoms with Gasteiger partial charge in [-0.1, -0.05) is 6.92 Å². The number of carbonyl (C=O) groups excluding carboxylic acids is 1. The van der Waals surface area contributed by atoms with Gasteiger partial charge in [0, 0.05) is 6.42 Å². The van der Waals surface area contributed by atoms with Gasteiger partial charge in [0.15, 0.2) is 6.61 Å². The topological polar surface area (TPSA) is 44.8 Å². The zero-order valence-corrected chi connectivity index (χ0v) is 8.84. The van der Waals surface area contributed by atoms with E-state index in [0.717, 1.165) is 0 Å². The molecule has 0 spiro atoms. The van der Waals surface area contributed by atoms with Crippen LogP contribution in [0.1, 0.15) is 13.3 Å². The maximum atomic E-state index is 12.4. The van der Waals surface area contributed by atoms with Crippen molar-refractivity contribution in [1.82, 2.24) is 0 Å². The van der Waals surface area contributed by atoms with Crippen LogP contribution in [0, 0.1) is 0 Å². The summed E-state index contributed by atoms with van der Waals surface area (Å²) >= 11 is 0. The zero-order chi connectivity index (χ0) is 13.1. The Balaban J connectivity index is 2.53. The Morgan fingerprint density at radius 3 is 2.65 bits per heavy atom.